The molecule has 2 rings (SSSR count). The summed E-state index contributed by atoms with van der Waals surface area (Å²) in [6.07, 6.45) is 1.34. The number of aromatic nitrogens is 1. The Morgan fingerprint density at radius 3 is 2.68 bits per heavy atom. The average molecular weight is 322 g/mol. The fourth-order valence-electron chi connectivity index (χ4n) is 1.33. The number of halogens is 2. The number of benzene rings is 1. The Balaban J connectivity index is 2.27. The van der Waals surface area contributed by atoms with Crippen molar-refractivity contribution in [3.8, 4) is 0 Å². The zero-order chi connectivity index (χ0) is 14.0. The molecule has 0 saturated heterocycles. The molecule has 0 saturated carbocycles. The third-order valence-electron chi connectivity index (χ3n) is 2.32. The van der Waals surface area contributed by atoms with Crippen LogP contribution in [-0.2, 0) is 16.6 Å². The molecule has 19 heavy (non-hydrogen) atoms. The molecule has 9 heteroatoms. The third-order valence-corrected chi connectivity index (χ3v) is 4.61. The second kappa shape index (κ2) is 5.38. The van der Waals surface area contributed by atoms with Crippen molar-refractivity contribution in [2.75, 3.05) is 5.73 Å². The van der Waals surface area contributed by atoms with Gasteiger partial charge in [0.2, 0.25) is 10.0 Å². The number of anilines is 1. The number of hydrogen-bond donors (Lipinski definition) is 2. The predicted octanol–water partition coefficient (Wildman–Crippen LogP) is 2.04. The molecule has 0 unspecified atom stereocenters. The summed E-state index contributed by atoms with van der Waals surface area (Å²) in [5, 5.41) is 3.67. The van der Waals surface area contributed by atoms with Crippen LogP contribution in [0.4, 0.5) is 5.69 Å². The minimum atomic E-state index is -3.81. The number of nitrogens with zero attached hydrogens (tertiary/aromatic N) is 1. The zero-order valence-electron chi connectivity index (χ0n) is 9.43. The predicted molar refractivity (Wildman–Crippen MR) is 71.4 cm³/mol. The van der Waals surface area contributed by atoms with Crippen LogP contribution in [0.1, 0.15) is 5.69 Å². The fraction of sp³-hybridized carbons (Fsp3) is 0.100. The van der Waals surface area contributed by atoms with Gasteiger partial charge in [0.1, 0.15) is 11.2 Å². The van der Waals surface area contributed by atoms with Crippen LogP contribution in [0, 0.1) is 0 Å². The average Bonchev–Trinajstić information content (AvgIpc) is 2.86. The Morgan fingerprint density at radius 2 is 2.05 bits per heavy atom. The second-order valence-corrected chi connectivity index (χ2v) is 6.11. The molecule has 0 aliphatic carbocycles. The molecule has 3 N–H and O–H groups in total. The van der Waals surface area contributed by atoms with Gasteiger partial charge in [0.15, 0.2) is 0 Å². The number of rotatable bonds is 4. The van der Waals surface area contributed by atoms with E-state index in [1.165, 1.54) is 18.4 Å². The minimum Gasteiger partial charge on any atom is -0.396 e. The minimum absolute atomic E-state index is 0.0162. The van der Waals surface area contributed by atoms with Crippen LogP contribution >= 0.6 is 23.2 Å². The van der Waals surface area contributed by atoms with Crippen LogP contribution < -0.4 is 10.5 Å². The molecule has 1 aromatic heterocycles. The molecule has 2 aromatic rings. The summed E-state index contributed by atoms with van der Waals surface area (Å²) < 4.78 is 31.0. The molecule has 0 fully saturated rings. The van der Waals surface area contributed by atoms with Crippen molar-refractivity contribution in [1.29, 1.82) is 0 Å². The number of hydrogen-bond acceptors (Lipinski definition) is 5. The highest BCUT2D eigenvalue weighted by molar-refractivity contribution is 7.89. The van der Waals surface area contributed by atoms with Crippen LogP contribution in [0.3, 0.4) is 0 Å². The molecule has 0 spiro atoms. The maximum Gasteiger partial charge on any atom is 0.242 e. The van der Waals surface area contributed by atoms with Gasteiger partial charge >= 0.3 is 0 Å². The first kappa shape index (κ1) is 14.1. The van der Waals surface area contributed by atoms with Crippen molar-refractivity contribution in [1.82, 2.24) is 9.88 Å². The van der Waals surface area contributed by atoms with E-state index in [-0.39, 0.29) is 27.2 Å². The summed E-state index contributed by atoms with van der Waals surface area (Å²) in [7, 11) is -3.81. The van der Waals surface area contributed by atoms with Crippen molar-refractivity contribution in [2.45, 2.75) is 11.4 Å². The van der Waals surface area contributed by atoms with E-state index in [9.17, 15) is 8.42 Å². The van der Waals surface area contributed by atoms with Gasteiger partial charge in [0.05, 0.1) is 28.0 Å². The molecular weight excluding hydrogens is 313 g/mol. The lowest BCUT2D eigenvalue weighted by molar-refractivity contribution is 0.411. The summed E-state index contributed by atoms with van der Waals surface area (Å²) in [5.74, 6) is 0. The smallest absolute Gasteiger partial charge is 0.242 e. The van der Waals surface area contributed by atoms with E-state index in [2.05, 4.69) is 14.4 Å². The van der Waals surface area contributed by atoms with Gasteiger partial charge in [-0.25, -0.2) is 13.1 Å². The molecule has 0 radical (unpaired) electrons. The molecule has 0 amide bonds. The number of sulfonamides is 1. The van der Waals surface area contributed by atoms with Crippen LogP contribution in [0.15, 0.2) is 33.9 Å². The summed E-state index contributed by atoms with van der Waals surface area (Å²) >= 11 is 11.6. The fourth-order valence-corrected chi connectivity index (χ4v) is 3.09. The third kappa shape index (κ3) is 3.01. The van der Waals surface area contributed by atoms with Crippen molar-refractivity contribution in [2.24, 2.45) is 0 Å². The summed E-state index contributed by atoms with van der Waals surface area (Å²) in [5.41, 5.74) is 6.05. The first-order valence-electron chi connectivity index (χ1n) is 5.04. The van der Waals surface area contributed by atoms with E-state index >= 15 is 0 Å². The van der Waals surface area contributed by atoms with Gasteiger partial charge in [-0.3, -0.25) is 0 Å². The summed E-state index contributed by atoms with van der Waals surface area (Å²) in [6, 6.07) is 4.19. The van der Waals surface area contributed by atoms with Crippen LogP contribution in [0.5, 0.6) is 0 Å². The Kier molecular flexibility index (Phi) is 4.00. The van der Waals surface area contributed by atoms with Gasteiger partial charge in [-0.05, 0) is 12.1 Å². The van der Waals surface area contributed by atoms with Gasteiger partial charge in [-0.15, -0.1) is 0 Å². The lowest BCUT2D eigenvalue weighted by Crippen LogP contribution is -2.24. The van der Waals surface area contributed by atoms with E-state index in [1.807, 2.05) is 0 Å². The number of nitrogens with two attached hydrogens (primary N) is 1. The molecule has 0 aliphatic heterocycles. The number of nitrogen functional groups attached to an aromatic ring is 1. The van der Waals surface area contributed by atoms with Crippen LogP contribution in [-0.4, -0.2) is 13.6 Å². The van der Waals surface area contributed by atoms with E-state index in [0.717, 1.165) is 0 Å². The lowest BCUT2D eigenvalue weighted by atomic mass is 10.3. The Morgan fingerprint density at radius 1 is 1.32 bits per heavy atom. The maximum atomic E-state index is 12.1. The van der Waals surface area contributed by atoms with Gasteiger partial charge in [-0.1, -0.05) is 28.4 Å². The molecule has 1 aromatic carbocycles. The monoisotopic (exact) mass is 321 g/mol. The van der Waals surface area contributed by atoms with Crippen LogP contribution in [0.25, 0.3) is 0 Å². The second-order valence-electron chi connectivity index (χ2n) is 3.59. The Bertz CT molecular complexity index is 686. The quantitative estimate of drug-likeness (QED) is 0.839. The first-order chi connectivity index (χ1) is 8.92. The molecule has 1 heterocycles. The van der Waals surface area contributed by atoms with E-state index in [0.29, 0.717) is 5.69 Å². The zero-order valence-corrected chi connectivity index (χ0v) is 11.8. The van der Waals surface area contributed by atoms with Crippen LogP contribution in [0.2, 0.25) is 10.0 Å². The highest BCUT2D eigenvalue weighted by Gasteiger charge is 2.20. The van der Waals surface area contributed by atoms with Crippen molar-refractivity contribution < 1.29 is 12.9 Å². The van der Waals surface area contributed by atoms with Gasteiger partial charge in [-0.2, -0.15) is 0 Å². The first-order valence-corrected chi connectivity index (χ1v) is 7.28. The van der Waals surface area contributed by atoms with Crippen molar-refractivity contribution >= 4 is 38.9 Å². The van der Waals surface area contributed by atoms with E-state index in [4.69, 9.17) is 28.9 Å². The van der Waals surface area contributed by atoms with Crippen molar-refractivity contribution in [3.05, 3.63) is 40.2 Å². The topological polar surface area (TPSA) is 98.2 Å². The normalized spacial score (nSPS) is 11.7. The summed E-state index contributed by atoms with van der Waals surface area (Å²) in [6.45, 7) is -0.0162. The largest absolute Gasteiger partial charge is 0.396 e. The SMILES string of the molecule is Nc1c(Cl)ccc(S(=O)(=O)NCc2ccon2)c1Cl. The van der Waals surface area contributed by atoms with E-state index < -0.39 is 10.0 Å². The molecule has 0 bridgehead atoms. The van der Waals surface area contributed by atoms with Crippen molar-refractivity contribution in [3.63, 3.8) is 0 Å². The molecular formula is C10H9Cl2N3O3S. The van der Waals surface area contributed by atoms with E-state index in [1.54, 1.807) is 6.07 Å². The molecule has 0 aliphatic rings. The molecule has 102 valence electrons. The Hall–Kier alpha value is -1.28. The Labute approximate surface area is 119 Å². The van der Waals surface area contributed by atoms with Gasteiger partial charge in [0.25, 0.3) is 0 Å². The highest BCUT2D eigenvalue weighted by atomic mass is 35.5. The molecule has 6 nitrogen and oxygen atoms in total. The highest BCUT2D eigenvalue weighted by Crippen LogP contribution is 2.32. The maximum absolute atomic E-state index is 12.1. The molecule has 0 atom stereocenters. The lowest BCUT2D eigenvalue weighted by Gasteiger charge is -2.09. The van der Waals surface area contributed by atoms with Gasteiger partial charge in [0, 0.05) is 6.07 Å². The van der Waals surface area contributed by atoms with Gasteiger partial charge < -0.3 is 10.3 Å². The summed E-state index contributed by atoms with van der Waals surface area (Å²) in [4.78, 5) is -0.139. The standard InChI is InChI=1S/C10H9Cl2N3O3S/c11-7-1-2-8(9(12)10(7)13)19(16,17)14-5-6-3-4-18-15-6/h1-4,14H,5,13H2. The number of nitrogens with one attached hydrogen (secondary N) is 1.